The van der Waals surface area contributed by atoms with Gasteiger partial charge in [0.1, 0.15) is 18.2 Å². The maximum absolute atomic E-state index is 13.6. The van der Waals surface area contributed by atoms with Crippen molar-refractivity contribution in [3.63, 3.8) is 0 Å². The first-order valence-corrected chi connectivity index (χ1v) is 7.42. The van der Waals surface area contributed by atoms with Gasteiger partial charge in [0.2, 0.25) is 0 Å². The van der Waals surface area contributed by atoms with Gasteiger partial charge in [-0.2, -0.15) is 0 Å². The topological polar surface area (TPSA) is 33.7 Å². The van der Waals surface area contributed by atoms with Crippen molar-refractivity contribution in [1.82, 2.24) is 10.2 Å². The van der Waals surface area contributed by atoms with Crippen LogP contribution in [0.1, 0.15) is 11.6 Å². The van der Waals surface area contributed by atoms with Crippen molar-refractivity contribution in [3.05, 3.63) is 22.2 Å². The van der Waals surface area contributed by atoms with Gasteiger partial charge in [-0.25, -0.2) is 4.39 Å². The Kier molecular flexibility index (Phi) is 5.63. The molecule has 0 aromatic heterocycles. The first-order chi connectivity index (χ1) is 9.71. The molecule has 4 nitrogen and oxygen atoms in total. The molecule has 0 radical (unpaired) electrons. The van der Waals surface area contributed by atoms with E-state index >= 15 is 0 Å². The van der Waals surface area contributed by atoms with E-state index in [-0.39, 0.29) is 6.04 Å². The normalized spacial score (nSPS) is 17.8. The Morgan fingerprint density at radius 2 is 1.90 bits per heavy atom. The minimum Gasteiger partial charge on any atom is -0.496 e. The number of ether oxygens (including phenoxy) is 2. The average molecular weight is 347 g/mol. The number of benzene rings is 1. The summed E-state index contributed by atoms with van der Waals surface area (Å²) in [4.78, 5) is 2.14. The Hall–Kier alpha value is -0.850. The summed E-state index contributed by atoms with van der Waals surface area (Å²) >= 11 is 3.43. The second-order valence-electron chi connectivity index (χ2n) is 4.68. The van der Waals surface area contributed by atoms with Gasteiger partial charge < -0.3 is 14.8 Å². The van der Waals surface area contributed by atoms with Gasteiger partial charge in [0, 0.05) is 31.7 Å². The van der Waals surface area contributed by atoms with Gasteiger partial charge >= 0.3 is 0 Å². The van der Waals surface area contributed by atoms with Crippen LogP contribution >= 0.6 is 15.9 Å². The number of hydrogen-bond acceptors (Lipinski definition) is 4. The van der Waals surface area contributed by atoms with Crippen molar-refractivity contribution in [3.8, 4) is 11.5 Å². The molecular formula is C14H20BrFN2O2. The van der Waals surface area contributed by atoms with E-state index in [0.29, 0.717) is 11.5 Å². The lowest BCUT2D eigenvalue weighted by Gasteiger charge is -2.34. The third-order valence-corrected chi connectivity index (χ3v) is 4.22. The van der Waals surface area contributed by atoms with E-state index < -0.39 is 6.67 Å². The second kappa shape index (κ2) is 7.24. The molecule has 0 aliphatic carbocycles. The SMILES string of the molecule is COc1cc([C@@H](CF)N2CCNCC2)c(OC)cc1Br. The van der Waals surface area contributed by atoms with Crippen molar-refractivity contribution in [2.45, 2.75) is 6.04 Å². The molecular weight excluding hydrogens is 327 g/mol. The molecule has 1 fully saturated rings. The molecule has 0 spiro atoms. The van der Waals surface area contributed by atoms with Gasteiger partial charge in [0.25, 0.3) is 0 Å². The first kappa shape index (κ1) is 15.5. The molecule has 0 saturated carbocycles. The van der Waals surface area contributed by atoms with E-state index in [9.17, 15) is 4.39 Å². The van der Waals surface area contributed by atoms with Crippen LogP contribution in [0.3, 0.4) is 0 Å². The summed E-state index contributed by atoms with van der Waals surface area (Å²) in [6.07, 6.45) is 0. The number of hydrogen-bond donors (Lipinski definition) is 1. The number of rotatable bonds is 5. The molecule has 1 aromatic carbocycles. The fourth-order valence-electron chi connectivity index (χ4n) is 2.52. The minimum atomic E-state index is -0.443. The number of nitrogens with one attached hydrogen (secondary N) is 1. The van der Waals surface area contributed by atoms with E-state index in [4.69, 9.17) is 9.47 Å². The van der Waals surface area contributed by atoms with Crippen LogP contribution in [-0.2, 0) is 0 Å². The molecule has 1 saturated heterocycles. The zero-order chi connectivity index (χ0) is 14.5. The fourth-order valence-corrected chi connectivity index (χ4v) is 3.00. The van der Waals surface area contributed by atoms with Crippen molar-refractivity contribution in [2.75, 3.05) is 47.1 Å². The van der Waals surface area contributed by atoms with Gasteiger partial charge in [-0.15, -0.1) is 0 Å². The van der Waals surface area contributed by atoms with Gasteiger partial charge in [-0.3, -0.25) is 4.90 Å². The number of halogens is 2. The van der Waals surface area contributed by atoms with Crippen LogP contribution < -0.4 is 14.8 Å². The van der Waals surface area contributed by atoms with Crippen LogP contribution in [0.4, 0.5) is 4.39 Å². The summed E-state index contributed by atoms with van der Waals surface area (Å²) in [5.41, 5.74) is 0.831. The molecule has 2 rings (SSSR count). The minimum absolute atomic E-state index is 0.297. The van der Waals surface area contributed by atoms with E-state index in [1.807, 2.05) is 12.1 Å². The first-order valence-electron chi connectivity index (χ1n) is 6.63. The van der Waals surface area contributed by atoms with Crippen LogP contribution in [0.25, 0.3) is 0 Å². The van der Waals surface area contributed by atoms with Crippen molar-refractivity contribution in [2.24, 2.45) is 0 Å². The van der Waals surface area contributed by atoms with E-state index in [0.717, 1.165) is 36.2 Å². The number of alkyl halides is 1. The fraction of sp³-hybridized carbons (Fsp3) is 0.571. The molecule has 1 heterocycles. The van der Waals surface area contributed by atoms with Crippen LogP contribution in [-0.4, -0.2) is 52.0 Å². The van der Waals surface area contributed by atoms with E-state index in [1.54, 1.807) is 14.2 Å². The largest absolute Gasteiger partial charge is 0.496 e. The maximum Gasteiger partial charge on any atom is 0.133 e. The Bertz CT molecular complexity index is 453. The summed E-state index contributed by atoms with van der Waals surface area (Å²) in [7, 11) is 3.20. The summed E-state index contributed by atoms with van der Waals surface area (Å²) in [6, 6.07) is 3.39. The van der Waals surface area contributed by atoms with Gasteiger partial charge in [0.05, 0.1) is 24.7 Å². The molecule has 1 aliphatic heterocycles. The smallest absolute Gasteiger partial charge is 0.133 e. The standard InChI is InChI=1S/C14H20BrFN2O2/c1-19-13-8-11(15)14(20-2)7-10(13)12(9-16)18-5-3-17-4-6-18/h7-8,12,17H,3-6,9H2,1-2H3/t12-/m1/s1. The molecule has 1 atom stereocenters. The summed E-state index contributed by atoms with van der Waals surface area (Å²) in [6.45, 7) is 2.98. The third kappa shape index (κ3) is 3.24. The van der Waals surface area contributed by atoms with Crippen LogP contribution in [0.2, 0.25) is 0 Å². The number of nitrogens with zero attached hydrogens (tertiary/aromatic N) is 1. The highest BCUT2D eigenvalue weighted by atomic mass is 79.9. The number of piperazine rings is 1. The molecule has 0 unspecified atom stereocenters. The predicted molar refractivity (Wildman–Crippen MR) is 80.4 cm³/mol. The molecule has 0 bridgehead atoms. The van der Waals surface area contributed by atoms with E-state index in [2.05, 4.69) is 26.1 Å². The number of methoxy groups -OCH3 is 2. The summed E-state index contributed by atoms with van der Waals surface area (Å²) in [5, 5.41) is 3.28. The van der Waals surface area contributed by atoms with Crippen molar-refractivity contribution in [1.29, 1.82) is 0 Å². The zero-order valence-corrected chi connectivity index (χ0v) is 13.4. The molecule has 1 N–H and O–H groups in total. The highest BCUT2D eigenvalue weighted by Gasteiger charge is 2.26. The third-order valence-electron chi connectivity index (χ3n) is 3.60. The molecule has 20 heavy (non-hydrogen) atoms. The average Bonchev–Trinajstić information content (AvgIpc) is 2.50. The molecule has 1 aliphatic rings. The van der Waals surface area contributed by atoms with Crippen LogP contribution in [0.5, 0.6) is 11.5 Å². The molecule has 112 valence electrons. The quantitative estimate of drug-likeness (QED) is 0.887. The van der Waals surface area contributed by atoms with Crippen LogP contribution in [0.15, 0.2) is 16.6 Å². The molecule has 0 amide bonds. The van der Waals surface area contributed by atoms with Gasteiger partial charge in [0.15, 0.2) is 0 Å². The van der Waals surface area contributed by atoms with Crippen LogP contribution in [0, 0.1) is 0 Å². The Labute approximate surface area is 127 Å². The van der Waals surface area contributed by atoms with Gasteiger partial charge in [-0.1, -0.05) is 0 Å². The Morgan fingerprint density at radius 1 is 1.25 bits per heavy atom. The van der Waals surface area contributed by atoms with Crippen molar-refractivity contribution < 1.29 is 13.9 Å². The Morgan fingerprint density at radius 3 is 2.45 bits per heavy atom. The summed E-state index contributed by atoms with van der Waals surface area (Å²) in [5.74, 6) is 1.37. The van der Waals surface area contributed by atoms with E-state index in [1.165, 1.54) is 0 Å². The van der Waals surface area contributed by atoms with Crippen molar-refractivity contribution >= 4 is 15.9 Å². The Balaban J connectivity index is 2.36. The predicted octanol–water partition coefficient (Wildman–Crippen LogP) is 2.38. The lowest BCUT2D eigenvalue weighted by atomic mass is 10.0. The lowest BCUT2D eigenvalue weighted by molar-refractivity contribution is 0.145. The second-order valence-corrected chi connectivity index (χ2v) is 5.54. The molecule has 1 aromatic rings. The molecule has 6 heteroatoms. The monoisotopic (exact) mass is 346 g/mol. The van der Waals surface area contributed by atoms with Gasteiger partial charge in [-0.05, 0) is 28.1 Å². The highest BCUT2D eigenvalue weighted by molar-refractivity contribution is 9.10. The highest BCUT2D eigenvalue weighted by Crippen LogP contribution is 2.38. The summed E-state index contributed by atoms with van der Waals surface area (Å²) < 4.78 is 25.1. The lowest BCUT2D eigenvalue weighted by Crippen LogP contribution is -2.45. The zero-order valence-electron chi connectivity index (χ0n) is 11.8. The maximum atomic E-state index is 13.6.